The molecular weight excluding hydrogens is 250 g/mol. The molecule has 0 bridgehead atoms. The molecular formula is C13H17NO3S. The third-order valence-corrected chi connectivity index (χ3v) is 3.10. The molecule has 98 valence electrons. The monoisotopic (exact) mass is 267 g/mol. The summed E-state index contributed by atoms with van der Waals surface area (Å²) in [6, 6.07) is 2.95. The molecule has 18 heavy (non-hydrogen) atoms. The van der Waals surface area contributed by atoms with Crippen molar-refractivity contribution in [3.8, 4) is 0 Å². The van der Waals surface area contributed by atoms with Crippen molar-refractivity contribution in [1.82, 2.24) is 5.32 Å². The van der Waals surface area contributed by atoms with Gasteiger partial charge in [-0.2, -0.15) is 0 Å². The van der Waals surface area contributed by atoms with Gasteiger partial charge in [0.05, 0.1) is 0 Å². The Hall–Kier alpha value is -1.62. The molecule has 0 spiro atoms. The Labute approximate surface area is 110 Å². The van der Waals surface area contributed by atoms with E-state index in [4.69, 9.17) is 5.11 Å². The van der Waals surface area contributed by atoms with Gasteiger partial charge in [-0.25, -0.2) is 4.79 Å². The molecule has 0 aliphatic carbocycles. The number of carboxylic acid groups (broad SMARTS) is 1. The number of hydrogen-bond donors (Lipinski definition) is 2. The largest absolute Gasteiger partial charge is 0.480 e. The molecule has 0 saturated heterocycles. The minimum Gasteiger partial charge on any atom is -0.480 e. The van der Waals surface area contributed by atoms with Crippen LogP contribution in [0.25, 0.3) is 6.08 Å². The Morgan fingerprint density at radius 2 is 2.22 bits per heavy atom. The molecule has 1 atom stereocenters. The van der Waals surface area contributed by atoms with Crippen LogP contribution in [0.3, 0.4) is 0 Å². The molecule has 0 saturated carbocycles. The molecule has 1 heterocycles. The number of carboxylic acids is 1. The van der Waals surface area contributed by atoms with Crippen LogP contribution in [0.5, 0.6) is 0 Å². The Balaban J connectivity index is 2.53. The Kier molecular flexibility index (Phi) is 5.58. The van der Waals surface area contributed by atoms with E-state index in [1.807, 2.05) is 31.4 Å². The quantitative estimate of drug-likeness (QED) is 0.778. The van der Waals surface area contributed by atoms with Gasteiger partial charge in [0.2, 0.25) is 5.91 Å². The van der Waals surface area contributed by atoms with Gasteiger partial charge in [0.25, 0.3) is 0 Å². The van der Waals surface area contributed by atoms with Crippen molar-refractivity contribution in [3.63, 3.8) is 0 Å². The zero-order valence-electron chi connectivity index (χ0n) is 10.4. The molecule has 0 radical (unpaired) electrons. The first-order valence-electron chi connectivity index (χ1n) is 5.74. The van der Waals surface area contributed by atoms with Crippen molar-refractivity contribution in [2.24, 2.45) is 5.92 Å². The molecule has 0 aromatic carbocycles. The summed E-state index contributed by atoms with van der Waals surface area (Å²) in [7, 11) is 0. The predicted octanol–water partition coefficient (Wildman–Crippen LogP) is 2.38. The highest BCUT2D eigenvalue weighted by molar-refractivity contribution is 7.10. The number of thiophene rings is 1. The van der Waals surface area contributed by atoms with Crippen molar-refractivity contribution >= 4 is 29.3 Å². The number of hydrogen-bond acceptors (Lipinski definition) is 3. The van der Waals surface area contributed by atoms with Gasteiger partial charge in [0.15, 0.2) is 0 Å². The topological polar surface area (TPSA) is 66.4 Å². The third kappa shape index (κ3) is 5.14. The van der Waals surface area contributed by atoms with Crippen molar-refractivity contribution in [3.05, 3.63) is 28.5 Å². The Morgan fingerprint density at radius 3 is 2.72 bits per heavy atom. The highest BCUT2D eigenvalue weighted by Crippen LogP contribution is 2.10. The molecule has 0 aliphatic heterocycles. The van der Waals surface area contributed by atoms with Crippen LogP contribution in [0.15, 0.2) is 23.6 Å². The fraction of sp³-hybridized carbons (Fsp3) is 0.385. The summed E-state index contributed by atoms with van der Waals surface area (Å²) in [5.74, 6) is -1.16. The summed E-state index contributed by atoms with van der Waals surface area (Å²) in [5.41, 5.74) is 0. The highest BCUT2D eigenvalue weighted by atomic mass is 32.1. The van der Waals surface area contributed by atoms with Crippen molar-refractivity contribution in [2.45, 2.75) is 26.3 Å². The molecule has 0 unspecified atom stereocenters. The summed E-state index contributed by atoms with van der Waals surface area (Å²) in [5, 5.41) is 13.4. The molecule has 0 fully saturated rings. The molecule has 1 aromatic heterocycles. The maximum atomic E-state index is 11.6. The van der Waals surface area contributed by atoms with Crippen LogP contribution in [-0.2, 0) is 9.59 Å². The van der Waals surface area contributed by atoms with Crippen molar-refractivity contribution in [2.75, 3.05) is 0 Å². The molecule has 4 nitrogen and oxygen atoms in total. The van der Waals surface area contributed by atoms with Gasteiger partial charge in [-0.3, -0.25) is 4.79 Å². The van der Waals surface area contributed by atoms with Crippen molar-refractivity contribution < 1.29 is 14.7 Å². The normalized spacial score (nSPS) is 12.8. The highest BCUT2D eigenvalue weighted by Gasteiger charge is 2.19. The minimum absolute atomic E-state index is 0.215. The molecule has 2 N–H and O–H groups in total. The molecule has 5 heteroatoms. The van der Waals surface area contributed by atoms with Crippen LogP contribution < -0.4 is 5.32 Å². The van der Waals surface area contributed by atoms with Crippen LogP contribution >= 0.6 is 11.3 Å². The lowest BCUT2D eigenvalue weighted by Crippen LogP contribution is -2.40. The van der Waals surface area contributed by atoms with Crippen LogP contribution in [-0.4, -0.2) is 23.0 Å². The van der Waals surface area contributed by atoms with E-state index >= 15 is 0 Å². The fourth-order valence-electron chi connectivity index (χ4n) is 1.46. The smallest absolute Gasteiger partial charge is 0.326 e. The van der Waals surface area contributed by atoms with Gasteiger partial charge < -0.3 is 10.4 Å². The van der Waals surface area contributed by atoms with E-state index in [9.17, 15) is 9.59 Å². The van der Waals surface area contributed by atoms with Gasteiger partial charge in [-0.15, -0.1) is 11.3 Å². The second-order valence-corrected chi connectivity index (χ2v) is 5.36. The number of carbonyl (C=O) groups excluding carboxylic acids is 1. The minimum atomic E-state index is -0.999. The predicted molar refractivity (Wildman–Crippen MR) is 72.4 cm³/mol. The van der Waals surface area contributed by atoms with Gasteiger partial charge in [0, 0.05) is 11.0 Å². The SMILES string of the molecule is CC(C)C[C@@H](NC(=O)C=Cc1cccs1)C(=O)O. The zero-order chi connectivity index (χ0) is 13.5. The first kappa shape index (κ1) is 14.4. The van der Waals surface area contributed by atoms with Crippen LogP contribution in [0.4, 0.5) is 0 Å². The van der Waals surface area contributed by atoms with Crippen LogP contribution in [0.2, 0.25) is 0 Å². The van der Waals surface area contributed by atoms with E-state index in [0.29, 0.717) is 6.42 Å². The van der Waals surface area contributed by atoms with Gasteiger partial charge >= 0.3 is 5.97 Å². The average molecular weight is 267 g/mol. The fourth-order valence-corrected chi connectivity index (χ4v) is 2.07. The number of carbonyl (C=O) groups is 2. The Bertz CT molecular complexity index is 423. The lowest BCUT2D eigenvalue weighted by molar-refractivity contribution is -0.141. The van der Waals surface area contributed by atoms with E-state index < -0.39 is 12.0 Å². The van der Waals surface area contributed by atoms with Gasteiger partial charge in [-0.05, 0) is 29.9 Å². The van der Waals surface area contributed by atoms with Crippen molar-refractivity contribution in [1.29, 1.82) is 0 Å². The summed E-state index contributed by atoms with van der Waals surface area (Å²) in [4.78, 5) is 23.5. The van der Waals surface area contributed by atoms with Crippen LogP contribution in [0, 0.1) is 5.92 Å². The number of rotatable bonds is 6. The second kappa shape index (κ2) is 6.96. The van der Waals surface area contributed by atoms with E-state index in [2.05, 4.69) is 5.32 Å². The maximum absolute atomic E-state index is 11.6. The standard InChI is InChI=1S/C13H17NO3S/c1-9(2)8-11(13(16)17)14-12(15)6-5-10-4-3-7-18-10/h3-7,9,11H,8H2,1-2H3,(H,14,15)(H,16,17)/t11-/m1/s1. The zero-order valence-corrected chi connectivity index (χ0v) is 11.2. The lowest BCUT2D eigenvalue weighted by atomic mass is 10.0. The Morgan fingerprint density at radius 1 is 1.50 bits per heavy atom. The van der Waals surface area contributed by atoms with E-state index in [0.717, 1.165) is 4.88 Å². The summed E-state index contributed by atoms with van der Waals surface area (Å²) in [6.45, 7) is 3.84. The van der Waals surface area contributed by atoms with E-state index in [-0.39, 0.29) is 11.8 Å². The summed E-state index contributed by atoms with van der Waals surface area (Å²) in [6.07, 6.45) is 3.46. The first-order chi connectivity index (χ1) is 8.49. The molecule has 1 aromatic rings. The number of nitrogens with one attached hydrogen (secondary N) is 1. The molecule has 1 amide bonds. The average Bonchev–Trinajstić information content (AvgIpc) is 2.77. The van der Waals surface area contributed by atoms with E-state index in [1.165, 1.54) is 17.4 Å². The second-order valence-electron chi connectivity index (χ2n) is 4.38. The lowest BCUT2D eigenvalue weighted by Gasteiger charge is -2.15. The summed E-state index contributed by atoms with van der Waals surface area (Å²) < 4.78 is 0. The maximum Gasteiger partial charge on any atom is 0.326 e. The third-order valence-electron chi connectivity index (χ3n) is 2.26. The van der Waals surface area contributed by atoms with E-state index in [1.54, 1.807) is 6.08 Å². The van der Waals surface area contributed by atoms with Crippen LogP contribution in [0.1, 0.15) is 25.1 Å². The number of amides is 1. The van der Waals surface area contributed by atoms with Gasteiger partial charge in [-0.1, -0.05) is 19.9 Å². The number of aliphatic carboxylic acids is 1. The molecule has 1 rings (SSSR count). The summed E-state index contributed by atoms with van der Waals surface area (Å²) >= 11 is 1.52. The first-order valence-corrected chi connectivity index (χ1v) is 6.62. The van der Waals surface area contributed by atoms with Gasteiger partial charge in [0.1, 0.15) is 6.04 Å². The molecule has 0 aliphatic rings.